The first-order valence-corrected chi connectivity index (χ1v) is 4.76. The third-order valence-electron chi connectivity index (χ3n) is 1.57. The summed E-state index contributed by atoms with van der Waals surface area (Å²) in [5.41, 5.74) is 10.4. The first kappa shape index (κ1) is 17.0. The lowest BCUT2D eigenvalue weighted by atomic mass is 10.3. The average molecular weight is 274 g/mol. The molecule has 4 N–H and O–H groups in total. The zero-order chi connectivity index (χ0) is 11.1. The van der Waals surface area contributed by atoms with Gasteiger partial charge in [0.05, 0.1) is 6.04 Å². The molecule has 0 aromatic carbocycles. The Labute approximate surface area is 106 Å². The second-order valence-electron chi connectivity index (χ2n) is 2.88. The third-order valence-corrected chi connectivity index (χ3v) is 1.80. The molecule has 0 aromatic rings. The first-order valence-electron chi connectivity index (χ1n) is 3.94. The second kappa shape index (κ2) is 8.90. The highest BCUT2D eigenvalue weighted by atomic mass is 35.5. The highest BCUT2D eigenvalue weighted by molar-refractivity contribution is 7.80. The molecule has 0 aromatic heterocycles. The molecule has 0 saturated carbocycles. The Hall–Kier alpha value is -0.370. The molecule has 0 aliphatic rings. The van der Waals surface area contributed by atoms with Gasteiger partial charge in [0.25, 0.3) is 10.3 Å². The van der Waals surface area contributed by atoms with Gasteiger partial charge in [0.2, 0.25) is 0 Å². The van der Waals surface area contributed by atoms with Gasteiger partial charge >= 0.3 is 0 Å². The zero-order valence-corrected chi connectivity index (χ0v) is 11.1. The summed E-state index contributed by atoms with van der Waals surface area (Å²) in [5.74, 6) is 0. The van der Waals surface area contributed by atoms with Crippen LogP contribution in [0.4, 0.5) is 0 Å². The second-order valence-corrected chi connectivity index (χ2v) is 3.68. The van der Waals surface area contributed by atoms with Crippen LogP contribution in [0.3, 0.4) is 0 Å². The number of ether oxygens (including phenoxy) is 2. The van der Waals surface area contributed by atoms with E-state index < -0.39 is 0 Å². The van der Waals surface area contributed by atoms with Gasteiger partial charge in [-0.25, -0.2) is 0 Å². The van der Waals surface area contributed by atoms with Crippen molar-refractivity contribution < 1.29 is 9.47 Å². The minimum absolute atomic E-state index is 0. The molecule has 0 amide bonds. The molecule has 5 nitrogen and oxygen atoms in total. The first-order chi connectivity index (χ1) is 6.43. The van der Waals surface area contributed by atoms with Crippen molar-refractivity contribution in [3.05, 3.63) is 0 Å². The number of hydrogen-bond acceptors (Lipinski definition) is 5. The van der Waals surface area contributed by atoms with E-state index >= 15 is 0 Å². The van der Waals surface area contributed by atoms with Crippen molar-refractivity contribution in [1.82, 2.24) is 4.90 Å². The summed E-state index contributed by atoms with van der Waals surface area (Å²) < 4.78 is 10.0. The van der Waals surface area contributed by atoms with Crippen LogP contribution < -0.4 is 11.5 Å². The fourth-order valence-corrected chi connectivity index (χ4v) is 0.839. The van der Waals surface area contributed by atoms with Crippen molar-refractivity contribution in [1.29, 1.82) is 0 Å². The number of likely N-dealkylation sites (N-methyl/N-ethyl adjacent to an activating group) is 1. The molecule has 0 atom stereocenters. The van der Waals surface area contributed by atoms with Gasteiger partial charge in [-0.2, -0.15) is 0 Å². The number of nitrogens with two attached hydrogens (primary N) is 2. The molecular formula is C7H16ClN3O2S2. The smallest absolute Gasteiger partial charge is 0.254 e. The Kier molecular flexibility index (Phi) is 10.1. The van der Waals surface area contributed by atoms with Crippen molar-refractivity contribution >= 4 is 47.2 Å². The fourth-order valence-electron chi connectivity index (χ4n) is 0.703. The largest absolute Gasteiger partial charge is 0.469 e. The van der Waals surface area contributed by atoms with Gasteiger partial charge < -0.3 is 25.8 Å². The van der Waals surface area contributed by atoms with Crippen LogP contribution in [0.15, 0.2) is 0 Å². The standard InChI is InChI=1S/C7H15N3O2S2.ClH/c1-10(2)5(3-11-6(8)13)4-12-7(9)14;/h5H,3-4H2,1-2H3,(H2,8,13)(H2,9,14);1H. The topological polar surface area (TPSA) is 73.7 Å². The van der Waals surface area contributed by atoms with Crippen LogP contribution in [0.2, 0.25) is 0 Å². The predicted molar refractivity (Wildman–Crippen MR) is 70.2 cm³/mol. The summed E-state index contributed by atoms with van der Waals surface area (Å²) in [6.07, 6.45) is 0. The molecule has 0 rings (SSSR count). The van der Waals surface area contributed by atoms with Crippen molar-refractivity contribution in [3.63, 3.8) is 0 Å². The quantitative estimate of drug-likeness (QED) is 0.676. The Morgan fingerprint density at radius 2 is 1.47 bits per heavy atom. The number of halogens is 1. The molecule has 0 saturated heterocycles. The maximum atomic E-state index is 5.20. The number of thiocarbonyl (C=S) groups is 2. The molecular weight excluding hydrogens is 258 g/mol. The lowest BCUT2D eigenvalue weighted by molar-refractivity contribution is 0.121. The Morgan fingerprint density at radius 1 is 1.13 bits per heavy atom. The van der Waals surface area contributed by atoms with Crippen LogP contribution in [0.1, 0.15) is 0 Å². The summed E-state index contributed by atoms with van der Waals surface area (Å²) in [6.45, 7) is 0.704. The molecule has 0 fully saturated rings. The molecule has 8 heteroatoms. The van der Waals surface area contributed by atoms with Crippen LogP contribution in [-0.4, -0.2) is 48.6 Å². The van der Waals surface area contributed by atoms with Crippen LogP contribution >= 0.6 is 36.8 Å². The Balaban J connectivity index is 0. The summed E-state index contributed by atoms with van der Waals surface area (Å²) in [5, 5.41) is 0.0411. The van der Waals surface area contributed by atoms with Crippen molar-refractivity contribution in [3.8, 4) is 0 Å². The summed E-state index contributed by atoms with van der Waals surface area (Å²) >= 11 is 9.16. The molecule has 15 heavy (non-hydrogen) atoms. The van der Waals surface area contributed by atoms with E-state index in [1.807, 2.05) is 19.0 Å². The highest BCUT2D eigenvalue weighted by Crippen LogP contribution is 1.96. The normalized spacial score (nSPS) is 9.60. The monoisotopic (exact) mass is 273 g/mol. The van der Waals surface area contributed by atoms with Gasteiger partial charge in [-0.1, -0.05) is 0 Å². The molecule has 90 valence electrons. The van der Waals surface area contributed by atoms with Gasteiger partial charge in [-0.3, -0.25) is 0 Å². The number of nitrogens with zero attached hydrogens (tertiary/aromatic N) is 1. The van der Waals surface area contributed by atoms with Gasteiger partial charge in [0.1, 0.15) is 13.2 Å². The van der Waals surface area contributed by atoms with Crippen molar-refractivity contribution in [2.45, 2.75) is 6.04 Å². The molecule has 0 spiro atoms. The molecule has 0 bridgehead atoms. The van der Waals surface area contributed by atoms with Gasteiger partial charge in [-0.15, -0.1) is 12.4 Å². The van der Waals surface area contributed by atoms with Gasteiger partial charge in [0, 0.05) is 0 Å². The van der Waals surface area contributed by atoms with Crippen molar-refractivity contribution in [2.75, 3.05) is 27.3 Å². The van der Waals surface area contributed by atoms with E-state index in [4.69, 9.17) is 20.9 Å². The van der Waals surface area contributed by atoms with E-state index in [0.29, 0.717) is 13.2 Å². The summed E-state index contributed by atoms with van der Waals surface area (Å²) in [7, 11) is 3.77. The van der Waals surface area contributed by atoms with Crippen LogP contribution in [0.25, 0.3) is 0 Å². The average Bonchev–Trinajstić information content (AvgIpc) is 2.02. The maximum Gasteiger partial charge on any atom is 0.254 e. The van der Waals surface area contributed by atoms with E-state index in [1.54, 1.807) is 0 Å². The van der Waals surface area contributed by atoms with E-state index in [1.165, 1.54) is 0 Å². The van der Waals surface area contributed by atoms with E-state index in [0.717, 1.165) is 0 Å². The SMILES string of the molecule is CN(C)C(COC(N)=S)COC(N)=S.Cl. The Bertz CT molecular complexity index is 198. The molecule has 0 aliphatic carbocycles. The molecule has 0 unspecified atom stereocenters. The molecule has 0 aliphatic heterocycles. The highest BCUT2D eigenvalue weighted by Gasteiger charge is 2.13. The summed E-state index contributed by atoms with van der Waals surface area (Å²) in [6, 6.07) is 0.0120. The van der Waals surface area contributed by atoms with E-state index in [-0.39, 0.29) is 28.8 Å². The van der Waals surface area contributed by atoms with Crippen LogP contribution in [0.5, 0.6) is 0 Å². The Morgan fingerprint density at radius 3 is 1.67 bits per heavy atom. The number of rotatable bonds is 5. The minimum Gasteiger partial charge on any atom is -0.469 e. The van der Waals surface area contributed by atoms with Crippen molar-refractivity contribution in [2.24, 2.45) is 11.5 Å². The zero-order valence-electron chi connectivity index (χ0n) is 8.63. The minimum atomic E-state index is 0. The fraction of sp³-hybridized carbons (Fsp3) is 0.714. The van der Waals surface area contributed by atoms with E-state index in [2.05, 4.69) is 24.4 Å². The van der Waals surface area contributed by atoms with Gasteiger partial charge in [-0.05, 0) is 38.5 Å². The lowest BCUT2D eigenvalue weighted by Crippen LogP contribution is -2.39. The predicted octanol–water partition coefficient (Wildman–Crippen LogP) is -0.141. The number of hydrogen-bond donors (Lipinski definition) is 2. The third kappa shape index (κ3) is 9.92. The van der Waals surface area contributed by atoms with Crippen LogP contribution in [0, 0.1) is 0 Å². The molecule has 0 heterocycles. The lowest BCUT2D eigenvalue weighted by Gasteiger charge is -2.23. The van der Waals surface area contributed by atoms with E-state index in [9.17, 15) is 0 Å². The maximum absolute atomic E-state index is 5.20. The summed E-state index contributed by atoms with van der Waals surface area (Å²) in [4.78, 5) is 1.91. The van der Waals surface area contributed by atoms with Gasteiger partial charge in [0.15, 0.2) is 0 Å². The molecule has 0 radical (unpaired) electrons. The van der Waals surface area contributed by atoms with Crippen LogP contribution in [-0.2, 0) is 9.47 Å².